The van der Waals surface area contributed by atoms with Crippen molar-refractivity contribution in [2.24, 2.45) is 0 Å². The number of hydrogen-bond acceptors (Lipinski definition) is 3. The molecule has 0 atom stereocenters. The topological polar surface area (TPSA) is 49.9 Å². The van der Waals surface area contributed by atoms with Gasteiger partial charge >= 0.3 is 6.09 Å². The number of nitrogens with zero attached hydrogens (tertiary/aromatic N) is 2. The summed E-state index contributed by atoms with van der Waals surface area (Å²) in [4.78, 5) is 27.7. The summed E-state index contributed by atoms with van der Waals surface area (Å²) in [6.45, 7) is 8.79. The van der Waals surface area contributed by atoms with Crippen LogP contribution < -0.4 is 0 Å². The summed E-state index contributed by atoms with van der Waals surface area (Å²) in [6, 6.07) is 7.83. The van der Waals surface area contributed by atoms with Crippen LogP contribution in [-0.2, 0) is 10.2 Å². The first-order valence-corrected chi connectivity index (χ1v) is 8.05. The highest BCUT2D eigenvalue weighted by molar-refractivity contribution is 5.94. The number of amides is 2. The van der Waals surface area contributed by atoms with Gasteiger partial charge in [0, 0.05) is 31.7 Å². The Hall–Kier alpha value is -2.04. The van der Waals surface area contributed by atoms with Gasteiger partial charge in [0.25, 0.3) is 5.91 Å². The van der Waals surface area contributed by atoms with Crippen molar-refractivity contribution >= 4 is 12.0 Å². The highest BCUT2D eigenvalue weighted by Crippen LogP contribution is 2.22. The first-order chi connectivity index (χ1) is 10.8. The van der Waals surface area contributed by atoms with Crippen LogP contribution in [-0.4, -0.2) is 55.1 Å². The lowest BCUT2D eigenvalue weighted by Crippen LogP contribution is -2.37. The second-order valence-electron chi connectivity index (χ2n) is 6.93. The fourth-order valence-corrected chi connectivity index (χ4v) is 2.73. The maximum atomic E-state index is 12.7. The van der Waals surface area contributed by atoms with E-state index in [0.717, 1.165) is 6.42 Å². The lowest BCUT2D eigenvalue weighted by Gasteiger charge is -2.22. The molecule has 1 heterocycles. The van der Waals surface area contributed by atoms with Gasteiger partial charge in [-0.2, -0.15) is 0 Å². The lowest BCUT2D eigenvalue weighted by molar-refractivity contribution is 0.0757. The Morgan fingerprint density at radius 2 is 1.52 bits per heavy atom. The van der Waals surface area contributed by atoms with Gasteiger partial charge in [0.2, 0.25) is 0 Å². The molecule has 126 valence electrons. The van der Waals surface area contributed by atoms with E-state index in [1.807, 2.05) is 29.2 Å². The molecule has 5 nitrogen and oxygen atoms in total. The number of methoxy groups -OCH3 is 1. The number of benzene rings is 1. The maximum absolute atomic E-state index is 12.7. The molecule has 2 rings (SSSR count). The van der Waals surface area contributed by atoms with Gasteiger partial charge in [0.1, 0.15) is 0 Å². The Balaban J connectivity index is 2.04. The smallest absolute Gasteiger partial charge is 0.409 e. The van der Waals surface area contributed by atoms with E-state index in [4.69, 9.17) is 4.74 Å². The molecule has 1 saturated heterocycles. The van der Waals surface area contributed by atoms with Gasteiger partial charge in [-0.25, -0.2) is 4.79 Å². The molecule has 2 amide bonds. The van der Waals surface area contributed by atoms with Gasteiger partial charge in [-0.3, -0.25) is 4.79 Å². The second kappa shape index (κ2) is 7.02. The summed E-state index contributed by atoms with van der Waals surface area (Å²) in [5, 5.41) is 0. The van der Waals surface area contributed by atoms with Gasteiger partial charge in [-0.15, -0.1) is 0 Å². The highest BCUT2D eigenvalue weighted by atomic mass is 16.5. The van der Waals surface area contributed by atoms with Crippen molar-refractivity contribution in [3.8, 4) is 0 Å². The Morgan fingerprint density at radius 1 is 0.957 bits per heavy atom. The molecule has 1 aromatic carbocycles. The van der Waals surface area contributed by atoms with Crippen molar-refractivity contribution in [2.75, 3.05) is 33.3 Å². The molecular formula is C18H26N2O3. The predicted octanol–water partition coefficient (Wildman–Crippen LogP) is 2.90. The Morgan fingerprint density at radius 3 is 2.09 bits per heavy atom. The first-order valence-electron chi connectivity index (χ1n) is 8.05. The molecule has 0 N–H and O–H groups in total. The van der Waals surface area contributed by atoms with Crippen LogP contribution in [0.3, 0.4) is 0 Å². The minimum absolute atomic E-state index is 0.0252. The summed E-state index contributed by atoms with van der Waals surface area (Å²) in [7, 11) is 1.38. The van der Waals surface area contributed by atoms with Crippen LogP contribution >= 0.6 is 0 Å². The van der Waals surface area contributed by atoms with Crippen LogP contribution in [0.15, 0.2) is 24.3 Å². The quantitative estimate of drug-likeness (QED) is 0.800. The summed E-state index contributed by atoms with van der Waals surface area (Å²) in [5.74, 6) is 0.0252. The first kappa shape index (κ1) is 17.3. The van der Waals surface area contributed by atoms with E-state index in [9.17, 15) is 9.59 Å². The molecule has 0 bridgehead atoms. The molecule has 0 radical (unpaired) electrons. The van der Waals surface area contributed by atoms with Crippen LogP contribution in [0.25, 0.3) is 0 Å². The largest absolute Gasteiger partial charge is 0.453 e. The average molecular weight is 318 g/mol. The molecule has 5 heteroatoms. The summed E-state index contributed by atoms with van der Waals surface area (Å²) in [5.41, 5.74) is 1.98. The van der Waals surface area contributed by atoms with Crippen LogP contribution in [0.5, 0.6) is 0 Å². The van der Waals surface area contributed by atoms with Crippen molar-refractivity contribution in [1.82, 2.24) is 9.80 Å². The number of ether oxygens (including phenoxy) is 1. The van der Waals surface area contributed by atoms with Gasteiger partial charge in [-0.05, 0) is 29.5 Å². The summed E-state index contributed by atoms with van der Waals surface area (Å²) in [6.07, 6.45) is 0.440. The molecule has 0 spiro atoms. The minimum Gasteiger partial charge on any atom is -0.453 e. The van der Waals surface area contributed by atoms with E-state index >= 15 is 0 Å². The van der Waals surface area contributed by atoms with Crippen LogP contribution in [0.2, 0.25) is 0 Å². The van der Waals surface area contributed by atoms with Gasteiger partial charge in [-0.1, -0.05) is 32.9 Å². The molecule has 1 aliphatic heterocycles. The molecule has 0 unspecified atom stereocenters. The predicted molar refractivity (Wildman–Crippen MR) is 89.6 cm³/mol. The second-order valence-corrected chi connectivity index (χ2v) is 6.93. The van der Waals surface area contributed by atoms with Crippen molar-refractivity contribution in [3.05, 3.63) is 35.4 Å². The highest BCUT2D eigenvalue weighted by Gasteiger charge is 2.23. The Kier molecular flexibility index (Phi) is 5.29. The van der Waals surface area contributed by atoms with Crippen molar-refractivity contribution in [3.63, 3.8) is 0 Å². The van der Waals surface area contributed by atoms with Crippen LogP contribution in [0.1, 0.15) is 43.1 Å². The third kappa shape index (κ3) is 4.24. The molecule has 23 heavy (non-hydrogen) atoms. The van der Waals surface area contributed by atoms with Crippen molar-refractivity contribution < 1.29 is 14.3 Å². The third-order valence-corrected chi connectivity index (χ3v) is 4.21. The van der Waals surface area contributed by atoms with Crippen LogP contribution in [0, 0.1) is 0 Å². The number of hydrogen-bond donors (Lipinski definition) is 0. The Bertz CT molecular complexity index is 561. The molecule has 0 aliphatic carbocycles. The zero-order chi connectivity index (χ0) is 17.0. The zero-order valence-corrected chi connectivity index (χ0v) is 14.5. The van der Waals surface area contributed by atoms with E-state index in [-0.39, 0.29) is 17.4 Å². The zero-order valence-electron chi connectivity index (χ0n) is 14.5. The molecule has 1 fully saturated rings. The normalized spacial score (nSPS) is 16.0. The van der Waals surface area contributed by atoms with E-state index in [1.54, 1.807) is 4.90 Å². The SMILES string of the molecule is COC(=O)N1CCCN(C(=O)c2ccc(C(C)(C)C)cc2)CC1. The molecule has 1 aliphatic rings. The van der Waals surface area contributed by atoms with Gasteiger partial charge in [0.05, 0.1) is 7.11 Å². The van der Waals surface area contributed by atoms with Gasteiger partial charge in [0.15, 0.2) is 0 Å². The molecule has 0 aromatic heterocycles. The fraction of sp³-hybridized carbons (Fsp3) is 0.556. The van der Waals surface area contributed by atoms with E-state index in [2.05, 4.69) is 20.8 Å². The minimum atomic E-state index is -0.325. The molecular weight excluding hydrogens is 292 g/mol. The molecule has 0 saturated carbocycles. The monoisotopic (exact) mass is 318 g/mol. The fourth-order valence-electron chi connectivity index (χ4n) is 2.73. The number of carbonyl (C=O) groups is 2. The standard InChI is InChI=1S/C18H26N2O3/c1-18(2,3)15-8-6-14(7-9-15)16(21)19-10-5-11-20(13-12-19)17(22)23-4/h6-9H,5,10-13H2,1-4H3. The van der Waals surface area contributed by atoms with E-state index < -0.39 is 0 Å². The number of rotatable bonds is 1. The van der Waals surface area contributed by atoms with Crippen molar-refractivity contribution in [1.29, 1.82) is 0 Å². The average Bonchev–Trinajstić information content (AvgIpc) is 2.78. The summed E-state index contributed by atoms with van der Waals surface area (Å²) < 4.78 is 4.75. The van der Waals surface area contributed by atoms with E-state index in [1.165, 1.54) is 12.7 Å². The lowest BCUT2D eigenvalue weighted by atomic mass is 9.86. The maximum Gasteiger partial charge on any atom is 0.409 e. The molecule has 1 aromatic rings. The van der Waals surface area contributed by atoms with Gasteiger partial charge < -0.3 is 14.5 Å². The van der Waals surface area contributed by atoms with Crippen molar-refractivity contribution in [2.45, 2.75) is 32.6 Å². The number of carbonyl (C=O) groups excluding carboxylic acids is 2. The Labute approximate surface area is 138 Å². The van der Waals surface area contributed by atoms with Crippen LogP contribution in [0.4, 0.5) is 4.79 Å². The van der Waals surface area contributed by atoms with E-state index in [0.29, 0.717) is 31.7 Å². The summed E-state index contributed by atoms with van der Waals surface area (Å²) >= 11 is 0. The third-order valence-electron chi connectivity index (χ3n) is 4.21.